The summed E-state index contributed by atoms with van der Waals surface area (Å²) in [4.78, 5) is 5.31. The average molecular weight is 308 g/mol. The molecular weight excluding hydrogens is 292 g/mol. The number of aryl methyl sites for hydroxylation is 2. The van der Waals surface area contributed by atoms with Crippen LogP contribution in [-0.2, 0) is 14.1 Å². The van der Waals surface area contributed by atoms with Crippen LogP contribution in [0.4, 0.5) is 0 Å². The predicted octanol–water partition coefficient (Wildman–Crippen LogP) is 2.29. The minimum Gasteiger partial charge on any atom is -0.329 e. The van der Waals surface area contributed by atoms with Crippen LogP contribution >= 0.6 is 23.5 Å². The van der Waals surface area contributed by atoms with Gasteiger partial charge in [0.2, 0.25) is 5.16 Å². The average Bonchev–Trinajstić information content (AvgIpc) is 2.99. The maximum absolute atomic E-state index is 4.33. The van der Waals surface area contributed by atoms with E-state index in [2.05, 4.69) is 33.7 Å². The number of imidazole rings is 1. The normalized spacial score (nSPS) is 12.3. The highest BCUT2D eigenvalue weighted by Gasteiger charge is 2.18. The Labute approximate surface area is 126 Å². The standard InChI is InChI=1S/C12H16N6S2/c1-5-6-10(20-11-13-7-8-17(11)3)9(2)19-12-14-15-16-18(12)4/h5,7-8,10H,1-2,6H2,3-4H3. The first-order valence-electron chi connectivity index (χ1n) is 5.95. The molecule has 0 aliphatic carbocycles. The summed E-state index contributed by atoms with van der Waals surface area (Å²) in [5, 5.41) is 13.3. The summed E-state index contributed by atoms with van der Waals surface area (Å²) in [7, 11) is 3.78. The fraction of sp³-hybridized carbons (Fsp3) is 0.333. The van der Waals surface area contributed by atoms with Gasteiger partial charge in [0, 0.05) is 31.7 Å². The maximum Gasteiger partial charge on any atom is 0.213 e. The second kappa shape index (κ2) is 6.76. The van der Waals surface area contributed by atoms with E-state index in [4.69, 9.17) is 0 Å². The summed E-state index contributed by atoms with van der Waals surface area (Å²) >= 11 is 3.14. The lowest BCUT2D eigenvalue weighted by molar-refractivity contribution is 0.665. The smallest absolute Gasteiger partial charge is 0.213 e. The van der Waals surface area contributed by atoms with Crippen LogP contribution in [0.25, 0.3) is 0 Å². The maximum atomic E-state index is 4.33. The molecule has 0 spiro atoms. The molecule has 6 nitrogen and oxygen atoms in total. The highest BCUT2D eigenvalue weighted by atomic mass is 32.2. The molecule has 2 rings (SSSR count). The molecule has 2 heterocycles. The quantitative estimate of drug-likeness (QED) is 0.578. The third kappa shape index (κ3) is 3.51. The molecule has 0 aromatic carbocycles. The van der Waals surface area contributed by atoms with E-state index in [0.717, 1.165) is 21.6 Å². The van der Waals surface area contributed by atoms with Crippen LogP contribution in [-0.4, -0.2) is 35.0 Å². The molecule has 2 aromatic rings. The molecule has 0 aliphatic rings. The Morgan fingerprint density at radius 3 is 2.80 bits per heavy atom. The molecule has 2 aromatic heterocycles. The Kier molecular flexibility index (Phi) is 5.02. The van der Waals surface area contributed by atoms with Crippen LogP contribution in [0.15, 0.2) is 46.8 Å². The van der Waals surface area contributed by atoms with E-state index >= 15 is 0 Å². The molecule has 0 radical (unpaired) electrons. The summed E-state index contributed by atoms with van der Waals surface area (Å²) in [5.74, 6) is 0. The number of rotatable bonds is 7. The van der Waals surface area contributed by atoms with Crippen LogP contribution in [0.2, 0.25) is 0 Å². The van der Waals surface area contributed by atoms with Crippen LogP contribution < -0.4 is 0 Å². The largest absolute Gasteiger partial charge is 0.329 e. The highest BCUT2D eigenvalue weighted by Crippen LogP contribution is 2.36. The third-order valence-corrected chi connectivity index (χ3v) is 5.16. The Morgan fingerprint density at radius 2 is 2.25 bits per heavy atom. The summed E-state index contributed by atoms with van der Waals surface area (Å²) in [6, 6.07) is 0. The molecule has 0 fully saturated rings. The van der Waals surface area contributed by atoms with Crippen molar-refractivity contribution in [1.82, 2.24) is 29.8 Å². The molecule has 1 atom stereocenters. The molecule has 106 valence electrons. The van der Waals surface area contributed by atoms with Crippen LogP contribution in [0, 0.1) is 0 Å². The first kappa shape index (κ1) is 14.9. The molecule has 0 bridgehead atoms. The molecular formula is C12H16N6S2. The lowest BCUT2D eigenvalue weighted by Crippen LogP contribution is -2.05. The van der Waals surface area contributed by atoms with Gasteiger partial charge >= 0.3 is 0 Å². The van der Waals surface area contributed by atoms with E-state index in [9.17, 15) is 0 Å². The Balaban J connectivity index is 2.08. The third-order valence-electron chi connectivity index (χ3n) is 2.57. The minimum atomic E-state index is 0.176. The van der Waals surface area contributed by atoms with Gasteiger partial charge in [-0.05, 0) is 21.8 Å². The van der Waals surface area contributed by atoms with E-state index < -0.39 is 0 Å². The molecule has 1 unspecified atom stereocenters. The Morgan fingerprint density at radius 1 is 1.45 bits per heavy atom. The van der Waals surface area contributed by atoms with Gasteiger partial charge in [0.25, 0.3) is 0 Å². The fourth-order valence-corrected chi connectivity index (χ4v) is 3.44. The lowest BCUT2D eigenvalue weighted by Gasteiger charge is -2.16. The van der Waals surface area contributed by atoms with Gasteiger partial charge in [0.15, 0.2) is 5.16 Å². The van der Waals surface area contributed by atoms with E-state index in [0.29, 0.717) is 0 Å². The van der Waals surface area contributed by atoms with Crippen LogP contribution in [0.3, 0.4) is 0 Å². The second-order valence-electron chi connectivity index (χ2n) is 4.11. The number of thioether (sulfide) groups is 2. The van der Waals surface area contributed by atoms with Gasteiger partial charge < -0.3 is 4.57 Å². The van der Waals surface area contributed by atoms with Crippen molar-refractivity contribution in [2.75, 3.05) is 0 Å². The summed E-state index contributed by atoms with van der Waals surface area (Å²) in [5.41, 5.74) is 0. The van der Waals surface area contributed by atoms with Crippen molar-refractivity contribution in [2.45, 2.75) is 22.0 Å². The first-order valence-corrected chi connectivity index (χ1v) is 7.65. The van der Waals surface area contributed by atoms with Gasteiger partial charge in [-0.1, -0.05) is 36.2 Å². The number of hydrogen-bond acceptors (Lipinski definition) is 6. The topological polar surface area (TPSA) is 61.4 Å². The summed E-state index contributed by atoms with van der Waals surface area (Å²) in [6.45, 7) is 7.96. The molecule has 0 amide bonds. The van der Waals surface area contributed by atoms with Gasteiger partial charge in [-0.3, -0.25) is 0 Å². The predicted molar refractivity (Wildman–Crippen MR) is 81.5 cm³/mol. The van der Waals surface area contributed by atoms with Gasteiger partial charge in [-0.15, -0.1) is 11.7 Å². The Bertz CT molecular complexity index is 603. The van der Waals surface area contributed by atoms with Gasteiger partial charge in [0.05, 0.1) is 0 Å². The SMILES string of the molecule is C=CCC(Sc1nccn1C)C(=C)Sc1nnnn1C. The van der Waals surface area contributed by atoms with Crippen molar-refractivity contribution < 1.29 is 0 Å². The monoisotopic (exact) mass is 308 g/mol. The van der Waals surface area contributed by atoms with Crippen LogP contribution in [0.1, 0.15) is 6.42 Å². The van der Waals surface area contributed by atoms with Crippen molar-refractivity contribution in [2.24, 2.45) is 14.1 Å². The molecule has 8 heteroatoms. The van der Waals surface area contributed by atoms with Crippen molar-refractivity contribution in [3.63, 3.8) is 0 Å². The summed E-state index contributed by atoms with van der Waals surface area (Å²) < 4.78 is 3.62. The number of hydrogen-bond donors (Lipinski definition) is 0. The van der Waals surface area contributed by atoms with E-state index in [1.807, 2.05) is 30.9 Å². The number of aromatic nitrogens is 6. The number of allylic oxidation sites excluding steroid dienone is 1. The van der Waals surface area contributed by atoms with E-state index in [1.54, 1.807) is 22.6 Å². The zero-order valence-electron chi connectivity index (χ0n) is 11.4. The lowest BCUT2D eigenvalue weighted by atomic mass is 10.3. The van der Waals surface area contributed by atoms with Crippen molar-refractivity contribution >= 4 is 23.5 Å². The van der Waals surface area contributed by atoms with Gasteiger partial charge in [0.1, 0.15) is 0 Å². The van der Waals surface area contributed by atoms with E-state index in [1.165, 1.54) is 11.8 Å². The molecule has 0 saturated heterocycles. The first-order chi connectivity index (χ1) is 9.61. The zero-order valence-corrected chi connectivity index (χ0v) is 13.1. The molecule has 0 saturated carbocycles. The molecule has 20 heavy (non-hydrogen) atoms. The van der Waals surface area contributed by atoms with E-state index in [-0.39, 0.29) is 5.25 Å². The molecule has 0 N–H and O–H groups in total. The summed E-state index contributed by atoms with van der Waals surface area (Å²) in [6.07, 6.45) is 6.42. The van der Waals surface area contributed by atoms with Crippen LogP contribution in [0.5, 0.6) is 0 Å². The number of nitrogens with zero attached hydrogens (tertiary/aromatic N) is 6. The van der Waals surface area contributed by atoms with Gasteiger partial charge in [-0.25, -0.2) is 9.67 Å². The van der Waals surface area contributed by atoms with Crippen molar-refractivity contribution in [3.8, 4) is 0 Å². The van der Waals surface area contributed by atoms with Crippen molar-refractivity contribution in [3.05, 3.63) is 36.5 Å². The highest BCUT2D eigenvalue weighted by molar-refractivity contribution is 8.06. The van der Waals surface area contributed by atoms with Gasteiger partial charge in [-0.2, -0.15) is 0 Å². The fourth-order valence-electron chi connectivity index (χ4n) is 1.48. The minimum absolute atomic E-state index is 0.176. The van der Waals surface area contributed by atoms with Crippen molar-refractivity contribution in [1.29, 1.82) is 0 Å². The zero-order chi connectivity index (χ0) is 14.5. The molecule has 0 aliphatic heterocycles. The second-order valence-corrected chi connectivity index (χ2v) is 6.37. The number of tetrazole rings is 1. The Hall–Kier alpha value is -1.54.